The van der Waals surface area contributed by atoms with Gasteiger partial charge in [0.25, 0.3) is 5.82 Å². The lowest BCUT2D eigenvalue weighted by atomic mass is 10.4. The summed E-state index contributed by atoms with van der Waals surface area (Å²) in [4.78, 5) is 12.7. The molecular weight excluding hydrogens is 277 g/mol. The fourth-order valence-electron chi connectivity index (χ4n) is 1.38. The van der Waals surface area contributed by atoms with E-state index in [4.69, 9.17) is 0 Å². The third kappa shape index (κ3) is 2.78. The van der Waals surface area contributed by atoms with E-state index in [9.17, 15) is 18.0 Å². The van der Waals surface area contributed by atoms with Crippen LogP contribution in [0.1, 0.15) is 5.82 Å². The Bertz CT molecular complexity index is 635. The normalized spacial score (nSPS) is 11.7. The van der Waals surface area contributed by atoms with Gasteiger partial charge in [-0.15, -0.1) is 15.3 Å². The molecule has 2 aromatic heterocycles. The number of carbonyl (C=O) groups is 1. The number of halogens is 3. The molecule has 0 fully saturated rings. The van der Waals surface area contributed by atoms with Gasteiger partial charge in [0.1, 0.15) is 5.82 Å². The lowest BCUT2D eigenvalue weighted by Crippen LogP contribution is -2.29. The quantitative estimate of drug-likeness (QED) is 0.897. The number of anilines is 1. The van der Waals surface area contributed by atoms with Crippen LogP contribution in [0, 0.1) is 0 Å². The molecule has 108 valence electrons. The molecule has 0 bridgehead atoms. The number of alkyl halides is 3. The Labute approximate surface area is 111 Å². The SMILES string of the molecule is CN(C)C(=O)CNc1ccc2nnc(C(F)(F)F)n2n1. The molecule has 7 nitrogen and oxygen atoms in total. The van der Waals surface area contributed by atoms with Gasteiger partial charge in [0.05, 0.1) is 6.54 Å². The van der Waals surface area contributed by atoms with Crippen LogP contribution in [0.3, 0.4) is 0 Å². The van der Waals surface area contributed by atoms with Gasteiger partial charge >= 0.3 is 6.18 Å². The van der Waals surface area contributed by atoms with Crippen LogP contribution in [-0.2, 0) is 11.0 Å². The summed E-state index contributed by atoms with van der Waals surface area (Å²) >= 11 is 0. The van der Waals surface area contributed by atoms with E-state index in [1.165, 1.54) is 17.0 Å². The lowest BCUT2D eigenvalue weighted by Gasteiger charge is -2.11. The van der Waals surface area contributed by atoms with Crippen LogP contribution in [0.15, 0.2) is 12.1 Å². The van der Waals surface area contributed by atoms with Gasteiger partial charge in [-0.25, -0.2) is 0 Å². The molecule has 0 aliphatic rings. The Kier molecular flexibility index (Phi) is 3.47. The second-order valence-corrected chi connectivity index (χ2v) is 4.15. The Morgan fingerprint density at radius 3 is 2.65 bits per heavy atom. The van der Waals surface area contributed by atoms with Crippen molar-refractivity contribution in [3.63, 3.8) is 0 Å². The Balaban J connectivity index is 2.26. The highest BCUT2D eigenvalue weighted by molar-refractivity contribution is 5.80. The first-order valence-electron chi connectivity index (χ1n) is 5.52. The maximum atomic E-state index is 12.7. The molecule has 2 rings (SSSR count). The summed E-state index contributed by atoms with van der Waals surface area (Å²) in [5, 5.41) is 12.8. The van der Waals surface area contributed by atoms with Gasteiger partial charge in [-0.3, -0.25) is 4.79 Å². The topological polar surface area (TPSA) is 75.4 Å². The highest BCUT2D eigenvalue weighted by Crippen LogP contribution is 2.27. The zero-order chi connectivity index (χ0) is 14.9. The zero-order valence-electron chi connectivity index (χ0n) is 10.6. The molecular formula is C10H11F3N6O. The minimum atomic E-state index is -4.65. The number of likely N-dealkylation sites (N-methyl/N-ethyl adjacent to an activating group) is 1. The number of nitrogens with one attached hydrogen (secondary N) is 1. The van der Waals surface area contributed by atoms with Gasteiger partial charge in [0.2, 0.25) is 5.91 Å². The van der Waals surface area contributed by atoms with Crippen LogP contribution in [-0.4, -0.2) is 51.3 Å². The monoisotopic (exact) mass is 288 g/mol. The van der Waals surface area contributed by atoms with Crippen molar-refractivity contribution in [3.05, 3.63) is 18.0 Å². The van der Waals surface area contributed by atoms with Crippen molar-refractivity contribution in [1.29, 1.82) is 0 Å². The molecule has 0 saturated heterocycles. The predicted molar refractivity (Wildman–Crippen MR) is 63.0 cm³/mol. The van der Waals surface area contributed by atoms with Crippen molar-refractivity contribution >= 4 is 17.4 Å². The number of aromatic nitrogens is 4. The number of rotatable bonds is 3. The second kappa shape index (κ2) is 4.94. The van der Waals surface area contributed by atoms with E-state index in [-0.39, 0.29) is 23.9 Å². The van der Waals surface area contributed by atoms with Crippen molar-refractivity contribution < 1.29 is 18.0 Å². The van der Waals surface area contributed by atoms with Crippen LogP contribution in [0.2, 0.25) is 0 Å². The molecule has 2 heterocycles. The summed E-state index contributed by atoms with van der Waals surface area (Å²) < 4.78 is 38.6. The van der Waals surface area contributed by atoms with Crippen molar-refractivity contribution in [3.8, 4) is 0 Å². The molecule has 0 aliphatic heterocycles. The predicted octanol–water partition coefficient (Wildman–Crippen LogP) is 0.643. The van der Waals surface area contributed by atoms with Gasteiger partial charge in [-0.05, 0) is 12.1 Å². The van der Waals surface area contributed by atoms with E-state index in [2.05, 4.69) is 20.6 Å². The average molecular weight is 288 g/mol. The van der Waals surface area contributed by atoms with Gasteiger partial charge in [-0.1, -0.05) is 0 Å². The van der Waals surface area contributed by atoms with E-state index in [0.717, 1.165) is 0 Å². The van der Waals surface area contributed by atoms with Gasteiger partial charge in [0.15, 0.2) is 5.65 Å². The van der Waals surface area contributed by atoms with Crippen LogP contribution >= 0.6 is 0 Å². The molecule has 0 radical (unpaired) electrons. The number of hydrogen-bond acceptors (Lipinski definition) is 5. The molecule has 0 aromatic carbocycles. The van der Waals surface area contributed by atoms with Gasteiger partial charge < -0.3 is 10.2 Å². The molecule has 0 atom stereocenters. The van der Waals surface area contributed by atoms with E-state index in [1.807, 2.05) is 0 Å². The van der Waals surface area contributed by atoms with Crippen molar-refractivity contribution in [2.75, 3.05) is 26.0 Å². The largest absolute Gasteiger partial charge is 0.453 e. The van der Waals surface area contributed by atoms with E-state index < -0.39 is 12.0 Å². The first-order chi connectivity index (χ1) is 9.29. The smallest absolute Gasteiger partial charge is 0.360 e. The highest BCUT2D eigenvalue weighted by atomic mass is 19.4. The molecule has 0 aliphatic carbocycles. The first-order valence-corrected chi connectivity index (χ1v) is 5.52. The van der Waals surface area contributed by atoms with Crippen molar-refractivity contribution in [2.24, 2.45) is 0 Å². The lowest BCUT2D eigenvalue weighted by molar-refractivity contribution is -0.146. The molecule has 10 heteroatoms. The second-order valence-electron chi connectivity index (χ2n) is 4.15. The van der Waals surface area contributed by atoms with Crippen LogP contribution in [0.4, 0.5) is 19.0 Å². The summed E-state index contributed by atoms with van der Waals surface area (Å²) in [6.45, 7) is -0.0744. The van der Waals surface area contributed by atoms with Crippen LogP contribution < -0.4 is 5.32 Å². The maximum absolute atomic E-state index is 12.7. The third-order valence-electron chi connectivity index (χ3n) is 2.44. The minimum absolute atomic E-state index is 0.0261. The average Bonchev–Trinajstić information content (AvgIpc) is 2.78. The number of fused-ring (bicyclic) bond motifs is 1. The number of hydrogen-bond donors (Lipinski definition) is 1. The Morgan fingerprint density at radius 2 is 2.05 bits per heavy atom. The van der Waals surface area contributed by atoms with Gasteiger partial charge in [-0.2, -0.15) is 17.7 Å². The summed E-state index contributed by atoms with van der Waals surface area (Å²) in [6, 6.07) is 2.75. The maximum Gasteiger partial charge on any atom is 0.453 e. The zero-order valence-corrected chi connectivity index (χ0v) is 10.6. The number of amides is 1. The fraction of sp³-hybridized carbons (Fsp3) is 0.400. The Morgan fingerprint density at radius 1 is 1.35 bits per heavy atom. The van der Waals surface area contributed by atoms with Crippen LogP contribution in [0.25, 0.3) is 5.65 Å². The fourth-order valence-corrected chi connectivity index (χ4v) is 1.38. The first kappa shape index (κ1) is 14.0. The van der Waals surface area contributed by atoms with E-state index in [1.54, 1.807) is 14.1 Å². The summed E-state index contributed by atoms with van der Waals surface area (Å²) in [6.07, 6.45) is -4.65. The summed E-state index contributed by atoms with van der Waals surface area (Å²) in [5.74, 6) is -1.32. The molecule has 0 spiro atoms. The molecule has 0 saturated carbocycles. The van der Waals surface area contributed by atoms with Crippen LogP contribution in [0.5, 0.6) is 0 Å². The summed E-state index contributed by atoms with van der Waals surface area (Å²) in [7, 11) is 3.14. The van der Waals surface area contributed by atoms with Crippen molar-refractivity contribution in [1.82, 2.24) is 24.7 Å². The Hall–Kier alpha value is -2.39. The highest BCUT2D eigenvalue weighted by Gasteiger charge is 2.37. The number of carbonyl (C=O) groups excluding carboxylic acids is 1. The molecule has 0 unspecified atom stereocenters. The summed E-state index contributed by atoms with van der Waals surface area (Å²) in [5.41, 5.74) is -0.0261. The molecule has 1 amide bonds. The number of nitrogens with zero attached hydrogens (tertiary/aromatic N) is 5. The molecule has 1 N–H and O–H groups in total. The van der Waals surface area contributed by atoms with E-state index in [0.29, 0.717) is 4.52 Å². The van der Waals surface area contributed by atoms with Gasteiger partial charge in [0, 0.05) is 14.1 Å². The molecule has 2 aromatic rings. The minimum Gasteiger partial charge on any atom is -0.360 e. The third-order valence-corrected chi connectivity index (χ3v) is 2.44. The standard InChI is InChI=1S/C10H11F3N6O/c1-18(2)8(20)5-14-6-3-4-7-15-16-9(10(11,12)13)19(7)17-6/h3-4H,5H2,1-2H3,(H,14,17). The van der Waals surface area contributed by atoms with E-state index >= 15 is 0 Å². The van der Waals surface area contributed by atoms with Crippen molar-refractivity contribution in [2.45, 2.75) is 6.18 Å². The molecule has 20 heavy (non-hydrogen) atoms.